The van der Waals surface area contributed by atoms with Crippen molar-refractivity contribution in [2.75, 3.05) is 72.5 Å². The van der Waals surface area contributed by atoms with Gasteiger partial charge in [0.1, 0.15) is 11.5 Å². The number of hydrogen-bond acceptors (Lipinski definition) is 8. The van der Waals surface area contributed by atoms with Crippen LogP contribution in [-0.4, -0.2) is 126 Å². The number of likely N-dealkylation sites (tertiary alicyclic amines) is 2. The molecule has 0 spiro atoms. The minimum atomic E-state index is -3.98. The Morgan fingerprint density at radius 1 is 1.03 bits per heavy atom. The van der Waals surface area contributed by atoms with E-state index in [2.05, 4.69) is 0 Å². The summed E-state index contributed by atoms with van der Waals surface area (Å²) >= 11 is 0. The lowest BCUT2D eigenvalue weighted by atomic mass is 10.0. The van der Waals surface area contributed by atoms with E-state index in [0.29, 0.717) is 55.8 Å². The third-order valence-corrected chi connectivity index (χ3v) is 11.9. The van der Waals surface area contributed by atoms with Crippen molar-refractivity contribution < 1.29 is 35.7 Å². The van der Waals surface area contributed by atoms with Gasteiger partial charge in [-0.1, -0.05) is 0 Å². The first-order valence-electron chi connectivity index (χ1n) is 13.1. The molecule has 2 saturated heterocycles. The Hall–Kier alpha value is -1.81. The first-order valence-corrected chi connectivity index (χ1v) is 16.4. The van der Waals surface area contributed by atoms with Crippen LogP contribution in [0.3, 0.4) is 0 Å². The van der Waals surface area contributed by atoms with Crippen molar-refractivity contribution in [3.63, 3.8) is 0 Å². The number of ether oxygens (including phenoxy) is 1. The largest absolute Gasteiger partial charge is 0.633 e. The lowest BCUT2D eigenvalue weighted by Gasteiger charge is -2.52. The number of carbonyl (C=O) groups is 1. The highest BCUT2D eigenvalue weighted by molar-refractivity contribution is 7.92. The van der Waals surface area contributed by atoms with Gasteiger partial charge in [0.2, 0.25) is 15.9 Å². The summed E-state index contributed by atoms with van der Waals surface area (Å²) in [6.45, 7) is 4.28. The zero-order valence-corrected chi connectivity index (χ0v) is 25.4. The molecule has 2 atom stereocenters. The van der Waals surface area contributed by atoms with Gasteiger partial charge in [-0.2, -0.15) is 4.31 Å². The van der Waals surface area contributed by atoms with Crippen LogP contribution < -0.4 is 4.74 Å². The van der Waals surface area contributed by atoms with Crippen molar-refractivity contribution >= 4 is 25.8 Å². The minimum Gasteiger partial charge on any atom is -0.633 e. The molecule has 14 heteroatoms. The number of quaternary nitrogens is 2. The second-order valence-electron chi connectivity index (χ2n) is 11.3. The number of hydroxylamine groups is 6. The highest BCUT2D eigenvalue weighted by Gasteiger charge is 2.43. The molecule has 2 unspecified atom stereocenters. The van der Waals surface area contributed by atoms with Gasteiger partial charge in [-0.15, -0.1) is 0 Å². The third-order valence-electron chi connectivity index (χ3n) is 8.24. The number of sulfone groups is 1. The van der Waals surface area contributed by atoms with Crippen LogP contribution in [0.1, 0.15) is 30.4 Å². The number of carbonyl (C=O) groups excluding carboxylic acids is 1. The molecule has 1 aromatic carbocycles. The minimum absolute atomic E-state index is 0.0938. The number of methoxy groups -OCH3 is 1. The fourth-order valence-electron chi connectivity index (χ4n) is 5.67. The molecule has 0 aromatic heterocycles. The van der Waals surface area contributed by atoms with Crippen LogP contribution in [0.15, 0.2) is 17.0 Å². The van der Waals surface area contributed by atoms with Gasteiger partial charge in [-0.05, 0) is 37.1 Å². The Morgan fingerprint density at radius 3 is 2.13 bits per heavy atom. The number of nitrogens with zero attached hydrogens (tertiary/aromatic N) is 4. The molecule has 222 valence electrons. The predicted octanol–water partition coefficient (Wildman–Crippen LogP) is 0.999. The summed E-state index contributed by atoms with van der Waals surface area (Å²) in [4.78, 5) is 14.3. The van der Waals surface area contributed by atoms with Crippen LogP contribution in [-0.2, 0) is 24.7 Å². The van der Waals surface area contributed by atoms with Gasteiger partial charge in [0.05, 0.1) is 63.1 Å². The van der Waals surface area contributed by atoms with Crippen molar-refractivity contribution in [3.8, 4) is 5.75 Å². The van der Waals surface area contributed by atoms with Gasteiger partial charge in [0.15, 0.2) is 9.84 Å². The molecule has 0 radical (unpaired) electrons. The highest BCUT2D eigenvalue weighted by atomic mass is 32.2. The van der Waals surface area contributed by atoms with Crippen molar-refractivity contribution in [3.05, 3.63) is 33.7 Å². The second kappa shape index (κ2) is 11.6. The van der Waals surface area contributed by atoms with Crippen LogP contribution in [0.2, 0.25) is 0 Å². The molecule has 39 heavy (non-hydrogen) atoms. The number of sulfonamides is 1. The zero-order valence-electron chi connectivity index (χ0n) is 23.8. The fraction of sp³-hybridized carbons (Fsp3) is 0.720. The molecular formula is C25H42N4O8S2. The van der Waals surface area contributed by atoms with Crippen LogP contribution in [0.4, 0.5) is 0 Å². The lowest BCUT2D eigenvalue weighted by molar-refractivity contribution is -0.924. The summed E-state index contributed by atoms with van der Waals surface area (Å²) in [5.41, 5.74) is 0.967. The first kappa shape index (κ1) is 31.7. The van der Waals surface area contributed by atoms with Crippen LogP contribution in [0.25, 0.3) is 0 Å². The number of hydrogen-bond donors (Lipinski definition) is 0. The van der Waals surface area contributed by atoms with Crippen molar-refractivity contribution in [2.24, 2.45) is 0 Å². The van der Waals surface area contributed by atoms with E-state index in [1.165, 1.54) is 26.1 Å². The monoisotopic (exact) mass is 590 g/mol. The summed E-state index contributed by atoms with van der Waals surface area (Å²) < 4.78 is 57.3. The average Bonchev–Trinajstić information content (AvgIpc) is 3.23. The Morgan fingerprint density at radius 2 is 1.59 bits per heavy atom. The first-order chi connectivity index (χ1) is 17.9. The molecule has 1 aromatic rings. The van der Waals surface area contributed by atoms with E-state index >= 15 is 0 Å². The summed E-state index contributed by atoms with van der Waals surface area (Å²) in [6.07, 6.45) is 1.54. The van der Waals surface area contributed by atoms with Crippen LogP contribution in [0, 0.1) is 24.3 Å². The maximum atomic E-state index is 13.5. The van der Waals surface area contributed by atoms with Crippen molar-refractivity contribution in [1.29, 1.82) is 0 Å². The smallest absolute Gasteiger partial charge is 0.243 e. The maximum Gasteiger partial charge on any atom is 0.243 e. The molecule has 0 saturated carbocycles. The molecule has 0 aliphatic carbocycles. The molecule has 2 heterocycles. The van der Waals surface area contributed by atoms with Gasteiger partial charge >= 0.3 is 0 Å². The summed E-state index contributed by atoms with van der Waals surface area (Å²) in [5, 5.41) is 25.6. The van der Waals surface area contributed by atoms with E-state index in [0.717, 1.165) is 4.31 Å². The van der Waals surface area contributed by atoms with Crippen LogP contribution in [0.5, 0.6) is 5.75 Å². The summed E-state index contributed by atoms with van der Waals surface area (Å²) in [7, 11) is -1.98. The molecular weight excluding hydrogens is 548 g/mol. The van der Waals surface area contributed by atoms with Gasteiger partial charge in [0.25, 0.3) is 0 Å². The Balaban J connectivity index is 1.58. The molecule has 2 aliphatic rings. The number of benzene rings is 1. The highest BCUT2D eigenvalue weighted by Crippen LogP contribution is 2.32. The average molecular weight is 591 g/mol. The SMILES string of the molecule is COc1cc(C)c(S(=O)(=O)N(C)CCS(=O)(=O)CC(=O)N(C)C2CC[N+]([O-])(C3CC[N+](C)([O-])CC3)C2)c(C)c1. The van der Waals surface area contributed by atoms with E-state index < -0.39 is 41.9 Å². The fourth-order valence-corrected chi connectivity index (χ4v) is 8.64. The molecule has 1 amide bonds. The second-order valence-corrected chi connectivity index (χ2v) is 15.5. The quantitative estimate of drug-likeness (QED) is 0.290. The maximum absolute atomic E-state index is 13.5. The van der Waals surface area contributed by atoms with E-state index in [-0.39, 0.29) is 34.7 Å². The lowest BCUT2D eigenvalue weighted by Crippen LogP contribution is -2.57. The molecule has 3 rings (SSSR count). The van der Waals surface area contributed by atoms with Crippen molar-refractivity contribution in [2.45, 2.75) is 50.1 Å². The topological polar surface area (TPSA) is 147 Å². The van der Waals surface area contributed by atoms with Crippen LogP contribution >= 0.6 is 0 Å². The Bertz CT molecular complexity index is 1250. The summed E-state index contributed by atoms with van der Waals surface area (Å²) in [5.74, 6) is -1.37. The third kappa shape index (κ3) is 7.29. The number of piperidine rings is 1. The predicted molar refractivity (Wildman–Crippen MR) is 148 cm³/mol. The zero-order chi connectivity index (χ0) is 29.4. The molecule has 0 bridgehead atoms. The number of likely N-dealkylation sites (N-methyl/N-ethyl adjacent to an activating group) is 1. The normalized spacial score (nSPS) is 28.0. The van der Waals surface area contributed by atoms with E-state index in [9.17, 15) is 32.0 Å². The molecule has 0 N–H and O–H groups in total. The molecule has 2 fully saturated rings. The number of rotatable bonds is 10. The van der Waals surface area contributed by atoms with Gasteiger partial charge in [-0.3, -0.25) is 4.79 Å². The van der Waals surface area contributed by atoms with E-state index in [1.807, 2.05) is 0 Å². The van der Waals surface area contributed by atoms with E-state index in [1.54, 1.807) is 33.0 Å². The Kier molecular flexibility index (Phi) is 9.42. The molecule has 12 nitrogen and oxygen atoms in total. The number of amides is 1. The molecule has 2 aliphatic heterocycles. The Labute approximate surface area is 232 Å². The standard InChI is InChI=1S/C25H42N4O8S2/c1-19-15-23(37-6)16-20(2)25(19)39(35,36)26(3)10-14-38(33,34)18-24(30)27(4)21-7-13-29(32,17-21)22-8-11-28(5,31)12-9-22/h15-16,21-22H,7-14,17-18H2,1-6H3. The van der Waals surface area contributed by atoms with E-state index in [4.69, 9.17) is 4.74 Å². The summed E-state index contributed by atoms with van der Waals surface area (Å²) in [6, 6.07) is 2.64. The van der Waals surface area contributed by atoms with Crippen molar-refractivity contribution in [1.82, 2.24) is 9.21 Å². The number of aryl methyl sites for hydroxylation is 2. The van der Waals surface area contributed by atoms with Gasteiger partial charge < -0.3 is 29.3 Å². The van der Waals surface area contributed by atoms with Gasteiger partial charge in [-0.25, -0.2) is 16.8 Å². The van der Waals surface area contributed by atoms with Gasteiger partial charge in [0, 0.05) is 39.9 Å².